The van der Waals surface area contributed by atoms with E-state index >= 15 is 0 Å². The number of hydrogen-bond donors (Lipinski definition) is 1. The molecule has 0 saturated carbocycles. The molecule has 0 aliphatic carbocycles. The second kappa shape index (κ2) is 6.56. The molecule has 23 heavy (non-hydrogen) atoms. The van der Waals surface area contributed by atoms with Gasteiger partial charge in [-0.1, -0.05) is 33.6 Å². The highest BCUT2D eigenvalue weighted by Crippen LogP contribution is 2.24. The number of halogens is 2. The van der Waals surface area contributed by atoms with Crippen LogP contribution in [0.1, 0.15) is 10.4 Å². The average molecular weight is 392 g/mol. The van der Waals surface area contributed by atoms with Gasteiger partial charge < -0.3 is 9.88 Å². The topological polar surface area (TPSA) is 51.1 Å². The maximum absolute atomic E-state index is 12.2. The highest BCUT2D eigenvalue weighted by molar-refractivity contribution is 9.10. The summed E-state index contributed by atoms with van der Waals surface area (Å²) in [5, 5.41) is 4.16. The number of fused-ring (bicyclic) bond motifs is 1. The number of rotatable bonds is 4. The molecule has 1 amide bonds. The second-order valence-corrected chi connectivity index (χ2v) is 6.40. The fourth-order valence-electron chi connectivity index (χ4n) is 2.44. The van der Waals surface area contributed by atoms with Crippen LogP contribution >= 0.6 is 27.5 Å². The van der Waals surface area contributed by atoms with Crippen molar-refractivity contribution in [1.82, 2.24) is 4.57 Å². The standard InChI is InChI=1S/C17H12BrClN2O2/c18-12-4-5-16-15(6-12)11(10-22)8-21(16)9-17(23)20-14-3-1-2-13(19)7-14/h1-8,10H,9H2,(H,20,23). The first-order valence-corrected chi connectivity index (χ1v) is 8.03. The van der Waals surface area contributed by atoms with Crippen LogP contribution < -0.4 is 5.32 Å². The van der Waals surface area contributed by atoms with E-state index in [0.717, 1.165) is 21.7 Å². The monoisotopic (exact) mass is 390 g/mol. The minimum absolute atomic E-state index is 0.110. The lowest BCUT2D eigenvalue weighted by Gasteiger charge is -2.07. The van der Waals surface area contributed by atoms with Gasteiger partial charge in [-0.3, -0.25) is 9.59 Å². The molecule has 116 valence electrons. The minimum Gasteiger partial charge on any atom is -0.337 e. The summed E-state index contributed by atoms with van der Waals surface area (Å²) in [4.78, 5) is 23.4. The van der Waals surface area contributed by atoms with Crippen molar-refractivity contribution in [2.75, 3.05) is 5.32 Å². The van der Waals surface area contributed by atoms with Crippen LogP contribution in [0, 0.1) is 0 Å². The Morgan fingerprint density at radius 2 is 2.09 bits per heavy atom. The fourth-order valence-corrected chi connectivity index (χ4v) is 2.99. The van der Waals surface area contributed by atoms with E-state index in [2.05, 4.69) is 21.2 Å². The third-order valence-corrected chi connectivity index (χ3v) is 4.15. The van der Waals surface area contributed by atoms with E-state index < -0.39 is 0 Å². The number of amides is 1. The predicted molar refractivity (Wildman–Crippen MR) is 95.1 cm³/mol. The van der Waals surface area contributed by atoms with Gasteiger partial charge in [0.15, 0.2) is 6.29 Å². The fraction of sp³-hybridized carbons (Fsp3) is 0.0588. The first-order chi connectivity index (χ1) is 11.1. The van der Waals surface area contributed by atoms with Crippen LogP contribution in [0.5, 0.6) is 0 Å². The van der Waals surface area contributed by atoms with E-state index in [1.54, 1.807) is 35.0 Å². The van der Waals surface area contributed by atoms with Crippen LogP contribution in [-0.2, 0) is 11.3 Å². The Balaban J connectivity index is 1.86. The van der Waals surface area contributed by atoms with Crippen molar-refractivity contribution in [2.45, 2.75) is 6.54 Å². The zero-order chi connectivity index (χ0) is 16.4. The molecule has 4 nitrogen and oxygen atoms in total. The molecule has 1 aromatic heterocycles. The number of nitrogens with zero attached hydrogens (tertiary/aromatic N) is 1. The molecule has 0 aliphatic rings. The summed E-state index contributed by atoms with van der Waals surface area (Å²) in [6.07, 6.45) is 2.47. The van der Waals surface area contributed by atoms with E-state index in [4.69, 9.17) is 11.6 Å². The molecule has 0 aliphatic heterocycles. The minimum atomic E-state index is -0.190. The van der Waals surface area contributed by atoms with Gasteiger partial charge in [-0.15, -0.1) is 0 Å². The van der Waals surface area contributed by atoms with Crippen molar-refractivity contribution >= 4 is 56.3 Å². The molecule has 0 atom stereocenters. The highest BCUT2D eigenvalue weighted by Gasteiger charge is 2.11. The van der Waals surface area contributed by atoms with Crippen molar-refractivity contribution < 1.29 is 9.59 Å². The van der Waals surface area contributed by atoms with Gasteiger partial charge in [0.2, 0.25) is 5.91 Å². The first kappa shape index (κ1) is 15.8. The van der Waals surface area contributed by atoms with Crippen LogP contribution in [0.2, 0.25) is 5.02 Å². The van der Waals surface area contributed by atoms with Crippen molar-refractivity contribution in [3.8, 4) is 0 Å². The second-order valence-electron chi connectivity index (χ2n) is 5.05. The van der Waals surface area contributed by atoms with E-state index in [9.17, 15) is 9.59 Å². The lowest BCUT2D eigenvalue weighted by Crippen LogP contribution is -2.18. The van der Waals surface area contributed by atoms with Crippen LogP contribution in [0.25, 0.3) is 10.9 Å². The Morgan fingerprint density at radius 1 is 1.26 bits per heavy atom. The summed E-state index contributed by atoms with van der Waals surface area (Å²) in [6, 6.07) is 12.6. The lowest BCUT2D eigenvalue weighted by molar-refractivity contribution is -0.116. The zero-order valence-electron chi connectivity index (χ0n) is 11.9. The smallest absolute Gasteiger partial charge is 0.244 e. The summed E-state index contributed by atoms with van der Waals surface area (Å²) in [6.45, 7) is 0.110. The summed E-state index contributed by atoms with van der Waals surface area (Å²) in [5.74, 6) is -0.190. The third-order valence-electron chi connectivity index (χ3n) is 3.42. The number of benzene rings is 2. The van der Waals surface area contributed by atoms with Gasteiger partial charge in [0, 0.05) is 37.8 Å². The highest BCUT2D eigenvalue weighted by atomic mass is 79.9. The van der Waals surface area contributed by atoms with E-state index in [0.29, 0.717) is 16.3 Å². The van der Waals surface area contributed by atoms with Crippen LogP contribution in [0.4, 0.5) is 5.69 Å². The van der Waals surface area contributed by atoms with E-state index in [1.165, 1.54) is 0 Å². The maximum atomic E-state index is 12.2. The van der Waals surface area contributed by atoms with Crippen molar-refractivity contribution in [3.63, 3.8) is 0 Å². The molecule has 3 aromatic rings. The molecule has 6 heteroatoms. The van der Waals surface area contributed by atoms with Gasteiger partial charge in [-0.25, -0.2) is 0 Å². The number of aromatic nitrogens is 1. The molecule has 0 saturated heterocycles. The molecule has 0 spiro atoms. The summed E-state index contributed by atoms with van der Waals surface area (Å²) >= 11 is 9.29. The Labute approximate surface area is 146 Å². The number of hydrogen-bond acceptors (Lipinski definition) is 2. The van der Waals surface area contributed by atoms with Crippen LogP contribution in [0.15, 0.2) is 53.1 Å². The summed E-state index contributed by atoms with van der Waals surface area (Å²) in [5.41, 5.74) is 2.02. The van der Waals surface area contributed by atoms with Gasteiger partial charge in [0.05, 0.1) is 0 Å². The van der Waals surface area contributed by atoms with Gasteiger partial charge >= 0.3 is 0 Å². The SMILES string of the molecule is O=Cc1cn(CC(=O)Nc2cccc(Cl)c2)c2ccc(Br)cc12. The molecule has 2 aromatic carbocycles. The number of nitrogens with one attached hydrogen (secondary N) is 1. The Hall–Kier alpha value is -2.11. The van der Waals surface area contributed by atoms with Gasteiger partial charge in [-0.2, -0.15) is 0 Å². The molecule has 1 heterocycles. The van der Waals surface area contributed by atoms with Gasteiger partial charge in [0.1, 0.15) is 6.54 Å². The van der Waals surface area contributed by atoms with Crippen molar-refractivity contribution in [3.05, 3.63) is 63.7 Å². The quantitative estimate of drug-likeness (QED) is 0.665. The number of carbonyl (C=O) groups is 2. The number of anilines is 1. The van der Waals surface area contributed by atoms with Crippen molar-refractivity contribution in [1.29, 1.82) is 0 Å². The molecule has 0 bridgehead atoms. The number of aldehydes is 1. The first-order valence-electron chi connectivity index (χ1n) is 6.86. The largest absolute Gasteiger partial charge is 0.337 e. The van der Waals surface area contributed by atoms with Gasteiger partial charge in [-0.05, 0) is 36.4 Å². The van der Waals surface area contributed by atoms with Crippen molar-refractivity contribution in [2.24, 2.45) is 0 Å². The van der Waals surface area contributed by atoms with Crippen LogP contribution in [-0.4, -0.2) is 16.8 Å². The third kappa shape index (κ3) is 3.46. The normalized spacial score (nSPS) is 10.7. The van der Waals surface area contributed by atoms with Gasteiger partial charge in [0.25, 0.3) is 0 Å². The summed E-state index contributed by atoms with van der Waals surface area (Å²) in [7, 11) is 0. The van der Waals surface area contributed by atoms with E-state index in [-0.39, 0.29) is 12.5 Å². The molecule has 0 radical (unpaired) electrons. The Kier molecular flexibility index (Phi) is 4.50. The average Bonchev–Trinajstić information content (AvgIpc) is 2.84. The zero-order valence-corrected chi connectivity index (χ0v) is 14.3. The molecule has 0 fully saturated rings. The van der Waals surface area contributed by atoms with E-state index in [1.807, 2.05) is 18.2 Å². The molecular weight excluding hydrogens is 380 g/mol. The lowest BCUT2D eigenvalue weighted by atomic mass is 10.2. The molecule has 3 rings (SSSR count). The molecular formula is C17H12BrClN2O2. The Morgan fingerprint density at radius 3 is 2.83 bits per heavy atom. The summed E-state index contributed by atoms with van der Waals surface area (Å²) < 4.78 is 2.64. The molecule has 0 unspecified atom stereocenters. The Bertz CT molecular complexity index is 905. The number of carbonyl (C=O) groups excluding carboxylic acids is 2. The predicted octanol–water partition coefficient (Wildman–Crippen LogP) is 4.51. The maximum Gasteiger partial charge on any atom is 0.244 e. The molecule has 1 N–H and O–H groups in total. The van der Waals surface area contributed by atoms with Crippen LogP contribution in [0.3, 0.4) is 0 Å².